The molecule has 1 aromatic rings. The minimum absolute atomic E-state index is 0.117. The van der Waals surface area contributed by atoms with E-state index in [1.165, 1.54) is 16.9 Å². The van der Waals surface area contributed by atoms with Crippen molar-refractivity contribution in [3.63, 3.8) is 0 Å². The van der Waals surface area contributed by atoms with Crippen molar-refractivity contribution < 1.29 is 4.74 Å². The molecule has 0 spiro atoms. The first-order chi connectivity index (χ1) is 7.90. The molecule has 1 nitrogen and oxygen atoms in total. The molecule has 1 heteroatoms. The van der Waals surface area contributed by atoms with E-state index in [2.05, 4.69) is 55.5 Å². The third kappa shape index (κ3) is 2.83. The third-order valence-electron chi connectivity index (χ3n) is 2.72. The van der Waals surface area contributed by atoms with Crippen LogP contribution in [0, 0.1) is 0 Å². The number of allylic oxidation sites excluding steroid dienone is 1. The Morgan fingerprint density at radius 2 is 2.00 bits per heavy atom. The predicted molar refractivity (Wildman–Crippen MR) is 68.4 cm³/mol. The molecule has 1 aromatic carbocycles. The lowest BCUT2D eigenvalue weighted by molar-refractivity contribution is 0.121. The van der Waals surface area contributed by atoms with Crippen LogP contribution in [0.25, 0.3) is 12.2 Å². The van der Waals surface area contributed by atoms with E-state index in [1.54, 1.807) is 0 Å². The van der Waals surface area contributed by atoms with E-state index in [0.29, 0.717) is 0 Å². The van der Waals surface area contributed by atoms with Crippen LogP contribution in [0.2, 0.25) is 0 Å². The van der Waals surface area contributed by atoms with Gasteiger partial charge >= 0.3 is 0 Å². The van der Waals surface area contributed by atoms with Crippen LogP contribution in [0.15, 0.2) is 36.4 Å². The van der Waals surface area contributed by atoms with Crippen molar-refractivity contribution in [1.82, 2.24) is 0 Å². The predicted octanol–water partition coefficient (Wildman–Crippen LogP) is 2.00. The summed E-state index contributed by atoms with van der Waals surface area (Å²) in [6.07, 6.45) is 10.9. The largest absolute Gasteiger partial charge is 0.370 e. The van der Waals surface area contributed by atoms with Crippen LogP contribution < -0.4 is 10.4 Å². The molecule has 0 amide bonds. The Labute approximate surface area is 96.8 Å². The molecule has 84 valence electrons. The molecule has 0 radical (unpaired) electrons. The van der Waals surface area contributed by atoms with Gasteiger partial charge in [0.1, 0.15) is 0 Å². The zero-order valence-electron chi connectivity index (χ0n) is 9.73. The van der Waals surface area contributed by atoms with Gasteiger partial charge in [0.15, 0.2) is 0 Å². The Kier molecular flexibility index (Phi) is 3.95. The first-order valence-electron chi connectivity index (χ1n) is 5.97. The molecule has 0 N–H and O–H groups in total. The summed E-state index contributed by atoms with van der Waals surface area (Å²) >= 11 is 0. The van der Waals surface area contributed by atoms with Crippen molar-refractivity contribution in [2.45, 2.75) is 25.9 Å². The van der Waals surface area contributed by atoms with E-state index >= 15 is 0 Å². The average molecular weight is 214 g/mol. The van der Waals surface area contributed by atoms with Crippen molar-refractivity contribution in [3.05, 3.63) is 46.9 Å². The van der Waals surface area contributed by atoms with Crippen LogP contribution in [0.1, 0.15) is 19.8 Å². The summed E-state index contributed by atoms with van der Waals surface area (Å²) in [5, 5.41) is 2.52. The fourth-order valence-electron chi connectivity index (χ4n) is 1.78. The van der Waals surface area contributed by atoms with E-state index in [1.807, 2.05) is 0 Å². The second-order valence-corrected chi connectivity index (χ2v) is 4.04. The lowest BCUT2D eigenvalue weighted by atomic mass is 10.2. The summed E-state index contributed by atoms with van der Waals surface area (Å²) in [6, 6.07) is 8.40. The minimum Gasteiger partial charge on any atom is -0.370 e. The molecule has 0 aliphatic heterocycles. The average Bonchev–Trinajstić information content (AvgIpc) is 2.51. The molecule has 2 rings (SSSR count). The lowest BCUT2D eigenvalue weighted by Gasteiger charge is -2.08. The second-order valence-electron chi connectivity index (χ2n) is 4.04. The van der Waals surface area contributed by atoms with E-state index in [4.69, 9.17) is 4.74 Å². The van der Waals surface area contributed by atoms with Gasteiger partial charge in [-0.15, -0.1) is 0 Å². The van der Waals surface area contributed by atoms with Gasteiger partial charge < -0.3 is 4.74 Å². The summed E-state index contributed by atoms with van der Waals surface area (Å²) in [5.41, 5.74) is 0. The molecule has 1 aliphatic carbocycles. The SMILES string of the molecule is CCCCOC1C=CC=c2ccccc2=C1. The molecule has 0 saturated carbocycles. The Bertz CT molecular complexity index is 470. The molecule has 0 fully saturated rings. The van der Waals surface area contributed by atoms with Gasteiger partial charge in [-0.2, -0.15) is 0 Å². The maximum absolute atomic E-state index is 5.80. The van der Waals surface area contributed by atoms with Crippen LogP contribution in [-0.2, 0) is 4.74 Å². The van der Waals surface area contributed by atoms with Gasteiger partial charge in [-0.1, -0.05) is 55.8 Å². The summed E-state index contributed by atoms with van der Waals surface area (Å²) in [7, 11) is 0. The molecule has 1 aliphatic rings. The molecular weight excluding hydrogens is 196 g/mol. The molecule has 1 atom stereocenters. The second kappa shape index (κ2) is 5.66. The lowest BCUT2D eigenvalue weighted by Crippen LogP contribution is -2.25. The summed E-state index contributed by atoms with van der Waals surface area (Å²) < 4.78 is 5.80. The summed E-state index contributed by atoms with van der Waals surface area (Å²) in [5.74, 6) is 0. The number of benzene rings is 1. The molecule has 16 heavy (non-hydrogen) atoms. The fourth-order valence-corrected chi connectivity index (χ4v) is 1.78. The molecule has 0 heterocycles. The van der Waals surface area contributed by atoms with Gasteiger partial charge in [0.25, 0.3) is 0 Å². The number of fused-ring (bicyclic) bond motifs is 1. The maximum atomic E-state index is 5.80. The van der Waals surface area contributed by atoms with E-state index in [-0.39, 0.29) is 6.10 Å². The number of hydrogen-bond acceptors (Lipinski definition) is 1. The topological polar surface area (TPSA) is 9.23 Å². The van der Waals surface area contributed by atoms with Gasteiger partial charge in [0.05, 0.1) is 6.10 Å². The van der Waals surface area contributed by atoms with E-state index < -0.39 is 0 Å². The first kappa shape index (κ1) is 11.2. The smallest absolute Gasteiger partial charge is 0.0949 e. The van der Waals surface area contributed by atoms with Crippen LogP contribution in [0.5, 0.6) is 0 Å². The van der Waals surface area contributed by atoms with Gasteiger partial charge in [0.2, 0.25) is 0 Å². The Morgan fingerprint density at radius 1 is 1.19 bits per heavy atom. The Morgan fingerprint density at radius 3 is 2.81 bits per heavy atom. The third-order valence-corrected chi connectivity index (χ3v) is 2.72. The maximum Gasteiger partial charge on any atom is 0.0949 e. The van der Waals surface area contributed by atoms with Crippen molar-refractivity contribution in [1.29, 1.82) is 0 Å². The minimum atomic E-state index is 0.117. The molecule has 0 saturated heterocycles. The van der Waals surface area contributed by atoms with Gasteiger partial charge in [-0.3, -0.25) is 0 Å². The zero-order valence-corrected chi connectivity index (χ0v) is 9.73. The monoisotopic (exact) mass is 214 g/mol. The van der Waals surface area contributed by atoms with Crippen LogP contribution in [-0.4, -0.2) is 12.7 Å². The number of unbranched alkanes of at least 4 members (excludes halogenated alkanes) is 1. The Hall–Kier alpha value is -1.34. The quantitative estimate of drug-likeness (QED) is 0.697. The number of hydrogen-bond donors (Lipinski definition) is 0. The van der Waals surface area contributed by atoms with Gasteiger partial charge in [-0.25, -0.2) is 0 Å². The first-order valence-corrected chi connectivity index (χ1v) is 5.97. The number of ether oxygens (including phenoxy) is 1. The zero-order chi connectivity index (χ0) is 11.2. The summed E-state index contributed by atoms with van der Waals surface area (Å²) in [4.78, 5) is 0. The molecule has 0 aromatic heterocycles. The highest BCUT2D eigenvalue weighted by atomic mass is 16.5. The highest BCUT2D eigenvalue weighted by molar-refractivity contribution is 5.46. The normalized spacial score (nSPS) is 18.2. The van der Waals surface area contributed by atoms with Crippen molar-refractivity contribution in [2.24, 2.45) is 0 Å². The van der Waals surface area contributed by atoms with Crippen LogP contribution >= 0.6 is 0 Å². The van der Waals surface area contributed by atoms with Crippen LogP contribution in [0.3, 0.4) is 0 Å². The van der Waals surface area contributed by atoms with E-state index in [9.17, 15) is 0 Å². The fraction of sp³-hybridized carbons (Fsp3) is 0.333. The standard InChI is InChI=1S/C15H18O/c1-2-3-11-16-15-10-6-9-13-7-4-5-8-14(13)12-15/h4-10,12,15H,2-3,11H2,1H3. The van der Waals surface area contributed by atoms with Crippen LogP contribution in [0.4, 0.5) is 0 Å². The molecular formula is C15H18O. The van der Waals surface area contributed by atoms with Gasteiger partial charge in [-0.05, 0) is 22.9 Å². The molecule has 1 unspecified atom stereocenters. The summed E-state index contributed by atoms with van der Waals surface area (Å²) in [6.45, 7) is 3.02. The van der Waals surface area contributed by atoms with Gasteiger partial charge in [0, 0.05) is 6.61 Å². The van der Waals surface area contributed by atoms with E-state index in [0.717, 1.165) is 13.0 Å². The van der Waals surface area contributed by atoms with Crippen molar-refractivity contribution in [3.8, 4) is 0 Å². The Balaban J connectivity index is 2.17. The van der Waals surface area contributed by atoms with Crippen molar-refractivity contribution in [2.75, 3.05) is 6.61 Å². The highest BCUT2D eigenvalue weighted by Crippen LogP contribution is 2.01. The van der Waals surface area contributed by atoms with Crippen molar-refractivity contribution >= 4 is 12.2 Å². The highest BCUT2D eigenvalue weighted by Gasteiger charge is 2.01. The number of rotatable bonds is 4. The molecule has 0 bridgehead atoms.